The second-order valence-electron chi connectivity index (χ2n) is 2.55. The molecule has 7 heteroatoms. The van der Waals surface area contributed by atoms with E-state index in [1.165, 1.54) is 0 Å². The van der Waals surface area contributed by atoms with E-state index in [9.17, 15) is 9.59 Å². The van der Waals surface area contributed by atoms with Crippen LogP contribution in [-0.4, -0.2) is 60.1 Å². The lowest BCUT2D eigenvalue weighted by molar-refractivity contribution is -0.185. The highest BCUT2D eigenvalue weighted by Crippen LogP contribution is 1.92. The van der Waals surface area contributed by atoms with Crippen molar-refractivity contribution in [1.82, 2.24) is 5.06 Å². The van der Waals surface area contributed by atoms with Crippen molar-refractivity contribution >= 4 is 11.9 Å². The molecule has 0 radical (unpaired) electrons. The van der Waals surface area contributed by atoms with Crippen LogP contribution in [0.25, 0.3) is 0 Å². The Hall–Kier alpha value is -1.18. The summed E-state index contributed by atoms with van der Waals surface area (Å²) < 4.78 is 4.55. The Kier molecular flexibility index (Phi) is 7.51. The van der Waals surface area contributed by atoms with E-state index >= 15 is 0 Å². The molecular formula is C8H15NO6. The van der Waals surface area contributed by atoms with Crippen molar-refractivity contribution < 1.29 is 29.4 Å². The third-order valence-electron chi connectivity index (χ3n) is 1.28. The molecule has 0 spiro atoms. The second-order valence-corrected chi connectivity index (χ2v) is 2.55. The monoisotopic (exact) mass is 221 g/mol. The SMILES string of the molecule is CCON(CC(=O)O)CC(=O)OCCO. The molecule has 0 aliphatic carbocycles. The van der Waals surface area contributed by atoms with Gasteiger partial charge in [0.15, 0.2) is 0 Å². The minimum atomic E-state index is -1.10. The molecule has 0 aliphatic rings. The zero-order valence-electron chi connectivity index (χ0n) is 8.51. The van der Waals surface area contributed by atoms with Crippen LogP contribution in [0.2, 0.25) is 0 Å². The van der Waals surface area contributed by atoms with Gasteiger partial charge in [-0.15, -0.1) is 0 Å². The summed E-state index contributed by atoms with van der Waals surface area (Å²) in [6.45, 7) is 0.891. The van der Waals surface area contributed by atoms with Gasteiger partial charge in [-0.1, -0.05) is 0 Å². The molecule has 7 nitrogen and oxygen atoms in total. The summed E-state index contributed by atoms with van der Waals surface area (Å²) in [7, 11) is 0. The summed E-state index contributed by atoms with van der Waals surface area (Å²) >= 11 is 0. The van der Waals surface area contributed by atoms with Crippen molar-refractivity contribution in [2.75, 3.05) is 32.9 Å². The molecule has 0 rings (SSSR count). The van der Waals surface area contributed by atoms with Gasteiger partial charge in [0.1, 0.15) is 19.7 Å². The summed E-state index contributed by atoms with van der Waals surface area (Å²) in [4.78, 5) is 26.3. The number of hydroxylamine groups is 2. The molecule has 0 saturated carbocycles. The van der Waals surface area contributed by atoms with Crippen LogP contribution in [-0.2, 0) is 19.2 Å². The molecule has 0 fully saturated rings. The minimum Gasteiger partial charge on any atom is -0.480 e. The number of rotatable bonds is 8. The molecule has 15 heavy (non-hydrogen) atoms. The molecular weight excluding hydrogens is 206 g/mol. The number of ether oxygens (including phenoxy) is 1. The molecule has 0 aromatic rings. The highest BCUT2D eigenvalue weighted by atomic mass is 16.7. The fourth-order valence-electron chi connectivity index (χ4n) is 0.830. The van der Waals surface area contributed by atoms with E-state index in [0.717, 1.165) is 5.06 Å². The van der Waals surface area contributed by atoms with Crippen LogP contribution in [0.5, 0.6) is 0 Å². The van der Waals surface area contributed by atoms with Gasteiger partial charge in [-0.05, 0) is 6.92 Å². The smallest absolute Gasteiger partial charge is 0.322 e. The van der Waals surface area contributed by atoms with E-state index in [4.69, 9.17) is 15.1 Å². The first kappa shape index (κ1) is 13.8. The molecule has 0 atom stereocenters. The number of carboxylic acids is 1. The molecule has 0 aromatic carbocycles. The van der Waals surface area contributed by atoms with Crippen molar-refractivity contribution in [3.05, 3.63) is 0 Å². The standard InChI is InChI=1S/C8H15NO6/c1-2-15-9(5-7(11)12)6-8(13)14-4-3-10/h10H,2-6H2,1H3,(H,11,12). The predicted molar refractivity (Wildman–Crippen MR) is 48.9 cm³/mol. The van der Waals surface area contributed by atoms with Crippen LogP contribution >= 0.6 is 0 Å². The van der Waals surface area contributed by atoms with Crippen molar-refractivity contribution in [2.24, 2.45) is 0 Å². The Bertz CT molecular complexity index is 207. The van der Waals surface area contributed by atoms with Gasteiger partial charge >= 0.3 is 11.9 Å². The van der Waals surface area contributed by atoms with Gasteiger partial charge in [0.2, 0.25) is 0 Å². The maximum absolute atomic E-state index is 11.0. The van der Waals surface area contributed by atoms with E-state index in [0.29, 0.717) is 0 Å². The van der Waals surface area contributed by atoms with E-state index in [-0.39, 0.29) is 26.4 Å². The third kappa shape index (κ3) is 7.86. The number of hydrogen-bond acceptors (Lipinski definition) is 6. The van der Waals surface area contributed by atoms with Crippen molar-refractivity contribution in [1.29, 1.82) is 0 Å². The Morgan fingerprint density at radius 1 is 1.33 bits per heavy atom. The molecule has 0 saturated heterocycles. The molecule has 2 N–H and O–H groups in total. The molecule has 0 aliphatic heterocycles. The number of hydrogen-bond donors (Lipinski definition) is 2. The lowest BCUT2D eigenvalue weighted by Crippen LogP contribution is -2.35. The molecule has 0 heterocycles. The Labute approximate surface area is 87.1 Å². The molecule has 0 aromatic heterocycles. The number of aliphatic hydroxyl groups excluding tert-OH is 1. The van der Waals surface area contributed by atoms with E-state index in [2.05, 4.69) is 4.74 Å². The topological polar surface area (TPSA) is 96.3 Å². The van der Waals surface area contributed by atoms with Gasteiger partial charge in [0.05, 0.1) is 13.2 Å². The average molecular weight is 221 g/mol. The van der Waals surface area contributed by atoms with E-state index in [1.807, 2.05) is 0 Å². The number of esters is 1. The average Bonchev–Trinajstić information content (AvgIpc) is 2.14. The van der Waals surface area contributed by atoms with Crippen LogP contribution < -0.4 is 0 Å². The first-order valence-electron chi connectivity index (χ1n) is 4.46. The summed E-state index contributed by atoms with van der Waals surface area (Å²) in [5, 5.41) is 17.9. The van der Waals surface area contributed by atoms with Crippen LogP contribution in [0.3, 0.4) is 0 Å². The maximum Gasteiger partial charge on any atom is 0.322 e. The lowest BCUT2D eigenvalue weighted by atomic mass is 10.5. The summed E-state index contributed by atoms with van der Waals surface area (Å²) in [5.74, 6) is -1.74. The van der Waals surface area contributed by atoms with Crippen molar-refractivity contribution in [3.8, 4) is 0 Å². The van der Waals surface area contributed by atoms with Crippen molar-refractivity contribution in [3.63, 3.8) is 0 Å². The lowest BCUT2D eigenvalue weighted by Gasteiger charge is -2.17. The fourth-order valence-corrected chi connectivity index (χ4v) is 0.830. The fraction of sp³-hybridized carbons (Fsp3) is 0.750. The summed E-state index contributed by atoms with van der Waals surface area (Å²) in [6.07, 6.45) is 0. The Morgan fingerprint density at radius 2 is 2.00 bits per heavy atom. The minimum absolute atomic E-state index is 0.105. The molecule has 0 bridgehead atoms. The summed E-state index contributed by atoms with van der Waals surface area (Å²) in [6, 6.07) is 0. The van der Waals surface area contributed by atoms with Crippen LogP contribution in [0.1, 0.15) is 6.92 Å². The third-order valence-corrected chi connectivity index (χ3v) is 1.28. The van der Waals surface area contributed by atoms with Gasteiger partial charge < -0.3 is 14.9 Å². The summed E-state index contributed by atoms with van der Waals surface area (Å²) in [5.41, 5.74) is 0. The quantitative estimate of drug-likeness (QED) is 0.395. The highest BCUT2D eigenvalue weighted by Gasteiger charge is 2.14. The molecule has 0 unspecified atom stereocenters. The van der Waals surface area contributed by atoms with Gasteiger partial charge in [0, 0.05) is 0 Å². The zero-order chi connectivity index (χ0) is 11.7. The second kappa shape index (κ2) is 8.16. The zero-order valence-corrected chi connectivity index (χ0v) is 8.51. The number of carbonyl (C=O) groups excluding carboxylic acids is 1. The number of nitrogens with zero attached hydrogens (tertiary/aromatic N) is 1. The normalized spacial score (nSPS) is 10.3. The van der Waals surface area contributed by atoms with Gasteiger partial charge in [0.25, 0.3) is 0 Å². The van der Waals surface area contributed by atoms with Gasteiger partial charge in [-0.2, -0.15) is 5.06 Å². The first-order chi connectivity index (χ1) is 7.10. The number of aliphatic carboxylic acids is 1. The maximum atomic E-state index is 11.0. The predicted octanol–water partition coefficient (Wildman–Crippen LogP) is -1.14. The highest BCUT2D eigenvalue weighted by molar-refractivity contribution is 5.73. The van der Waals surface area contributed by atoms with E-state index in [1.54, 1.807) is 6.92 Å². The largest absolute Gasteiger partial charge is 0.480 e. The first-order valence-corrected chi connectivity index (χ1v) is 4.46. The van der Waals surface area contributed by atoms with Crippen LogP contribution in [0.15, 0.2) is 0 Å². The Morgan fingerprint density at radius 3 is 2.47 bits per heavy atom. The van der Waals surface area contributed by atoms with Crippen molar-refractivity contribution in [2.45, 2.75) is 6.92 Å². The van der Waals surface area contributed by atoms with Gasteiger partial charge in [-0.25, -0.2) is 0 Å². The number of aliphatic hydroxyl groups is 1. The number of carboxylic acid groups (broad SMARTS) is 1. The van der Waals surface area contributed by atoms with Crippen LogP contribution in [0, 0.1) is 0 Å². The number of carbonyl (C=O) groups is 2. The van der Waals surface area contributed by atoms with E-state index < -0.39 is 18.5 Å². The van der Waals surface area contributed by atoms with Gasteiger partial charge in [-0.3, -0.25) is 14.4 Å². The molecule has 88 valence electrons. The molecule has 0 amide bonds. The van der Waals surface area contributed by atoms with Crippen LogP contribution in [0.4, 0.5) is 0 Å². The Balaban J connectivity index is 3.92.